The van der Waals surface area contributed by atoms with E-state index in [2.05, 4.69) is 9.24 Å². The van der Waals surface area contributed by atoms with Gasteiger partial charge in [0.05, 0.1) is 0 Å². The van der Waals surface area contributed by atoms with Gasteiger partial charge in [-0.3, -0.25) is 0 Å². The number of alkyl halides is 1. The van der Waals surface area contributed by atoms with Crippen molar-refractivity contribution in [3.05, 3.63) is 22.8 Å². The van der Waals surface area contributed by atoms with E-state index in [0.29, 0.717) is 5.31 Å². The summed E-state index contributed by atoms with van der Waals surface area (Å²) in [4.78, 5) is 0. The first kappa shape index (κ1) is 10.8. The first-order valence-electron chi connectivity index (χ1n) is 3.39. The number of rotatable bonds is 2. The fourth-order valence-electron chi connectivity index (χ4n) is 0.610. The lowest BCUT2D eigenvalue weighted by molar-refractivity contribution is 0.349. The number of hydrogen-bond donors (Lipinski definition) is 0. The molecule has 0 heterocycles. The highest BCUT2D eigenvalue weighted by molar-refractivity contribution is 7.23. The second-order valence-electron chi connectivity index (χ2n) is 2.64. The molecule has 0 spiro atoms. The van der Waals surface area contributed by atoms with Crippen LogP contribution in [-0.2, 0) is 0 Å². The molecule has 11 heavy (non-hydrogen) atoms. The van der Waals surface area contributed by atoms with Crippen molar-refractivity contribution < 1.29 is 8.78 Å². The summed E-state index contributed by atoms with van der Waals surface area (Å²) in [5, 5.41) is 0.292. The van der Waals surface area contributed by atoms with Crippen LogP contribution in [0.1, 0.15) is 20.8 Å². The number of halogens is 2. The Morgan fingerprint density at radius 2 is 1.91 bits per heavy atom. The Morgan fingerprint density at radius 3 is 2.18 bits per heavy atom. The second kappa shape index (κ2) is 4.61. The van der Waals surface area contributed by atoms with E-state index >= 15 is 0 Å². The molecule has 0 saturated heterocycles. The lowest BCUT2D eigenvalue weighted by atomic mass is 10.2. The van der Waals surface area contributed by atoms with Crippen LogP contribution in [0.2, 0.25) is 0 Å². The fraction of sp³-hybridized carbons (Fsp3) is 0.500. The molecule has 0 nitrogen and oxygen atoms in total. The monoisotopic (exact) mass is 178 g/mol. The van der Waals surface area contributed by atoms with Gasteiger partial charge in [-0.15, -0.1) is 9.24 Å². The summed E-state index contributed by atoms with van der Waals surface area (Å²) >= 11 is 0. The average molecular weight is 178 g/mol. The molecule has 0 amide bonds. The van der Waals surface area contributed by atoms with Gasteiger partial charge in [0.2, 0.25) is 0 Å². The summed E-state index contributed by atoms with van der Waals surface area (Å²) in [5.41, 5.74) is 0.950. The Labute approximate surface area is 68.6 Å². The molecule has 0 saturated carbocycles. The van der Waals surface area contributed by atoms with E-state index in [0.717, 1.165) is 5.57 Å². The van der Waals surface area contributed by atoms with E-state index in [9.17, 15) is 8.78 Å². The van der Waals surface area contributed by atoms with E-state index in [1.807, 2.05) is 13.8 Å². The maximum Gasteiger partial charge on any atom is 0.149 e. The molecule has 0 radical (unpaired) electrons. The van der Waals surface area contributed by atoms with Gasteiger partial charge < -0.3 is 0 Å². The predicted molar refractivity (Wildman–Crippen MR) is 47.8 cm³/mol. The van der Waals surface area contributed by atoms with Crippen LogP contribution in [0.3, 0.4) is 0 Å². The van der Waals surface area contributed by atoms with Crippen LogP contribution < -0.4 is 0 Å². The van der Waals surface area contributed by atoms with Gasteiger partial charge >= 0.3 is 0 Å². The molecule has 2 unspecified atom stereocenters. The first-order valence-corrected chi connectivity index (χ1v) is 3.97. The molecule has 64 valence electrons. The summed E-state index contributed by atoms with van der Waals surface area (Å²) < 4.78 is 25.0. The standard InChI is InChI=1S/C8H13F2P/c1-5(2)4-7(11)8(10)6(3)9/h4,6H,11H2,1-3H3/b8-7-. The van der Waals surface area contributed by atoms with Crippen LogP contribution in [0.15, 0.2) is 22.8 Å². The van der Waals surface area contributed by atoms with Gasteiger partial charge in [-0.1, -0.05) is 11.6 Å². The van der Waals surface area contributed by atoms with Gasteiger partial charge in [-0.05, 0) is 20.8 Å². The highest BCUT2D eigenvalue weighted by atomic mass is 31.0. The van der Waals surface area contributed by atoms with E-state index in [4.69, 9.17) is 0 Å². The first-order chi connectivity index (χ1) is 4.95. The minimum Gasteiger partial charge on any atom is -0.240 e. The van der Waals surface area contributed by atoms with E-state index in [-0.39, 0.29) is 0 Å². The third kappa shape index (κ3) is 4.26. The van der Waals surface area contributed by atoms with Crippen molar-refractivity contribution in [2.75, 3.05) is 0 Å². The quantitative estimate of drug-likeness (QED) is 0.449. The Balaban J connectivity index is 4.54. The largest absolute Gasteiger partial charge is 0.240 e. The third-order valence-corrected chi connectivity index (χ3v) is 1.51. The highest BCUT2D eigenvalue weighted by Crippen LogP contribution is 2.21. The van der Waals surface area contributed by atoms with Crippen LogP contribution in [0, 0.1) is 0 Å². The number of allylic oxidation sites excluding steroid dienone is 4. The molecular weight excluding hydrogens is 165 g/mol. The molecule has 0 fully saturated rings. The average Bonchev–Trinajstić information content (AvgIpc) is 1.84. The van der Waals surface area contributed by atoms with Crippen molar-refractivity contribution in [2.45, 2.75) is 26.9 Å². The Hall–Kier alpha value is -0.230. The SMILES string of the molecule is CC(C)=C/C(P)=C(/F)C(C)F. The zero-order chi connectivity index (χ0) is 9.02. The smallest absolute Gasteiger partial charge is 0.149 e. The topological polar surface area (TPSA) is 0 Å². The van der Waals surface area contributed by atoms with Crippen LogP contribution in [0.5, 0.6) is 0 Å². The minimum atomic E-state index is -1.52. The Bertz CT molecular complexity index is 188. The molecule has 3 heteroatoms. The minimum absolute atomic E-state index is 0.292. The van der Waals surface area contributed by atoms with Crippen molar-refractivity contribution in [3.8, 4) is 0 Å². The lowest BCUT2D eigenvalue weighted by Gasteiger charge is -2.00. The highest BCUT2D eigenvalue weighted by Gasteiger charge is 2.07. The van der Waals surface area contributed by atoms with Crippen molar-refractivity contribution >= 4 is 9.24 Å². The molecule has 0 aliphatic rings. The maximum absolute atomic E-state index is 12.7. The van der Waals surface area contributed by atoms with E-state index in [1.165, 1.54) is 6.92 Å². The lowest BCUT2D eigenvalue weighted by Crippen LogP contribution is -1.93. The van der Waals surface area contributed by atoms with Crippen LogP contribution in [-0.4, -0.2) is 6.17 Å². The van der Waals surface area contributed by atoms with Gasteiger partial charge in [0.25, 0.3) is 0 Å². The van der Waals surface area contributed by atoms with Crippen molar-refractivity contribution in [2.24, 2.45) is 0 Å². The molecule has 0 aliphatic heterocycles. The summed E-state index contributed by atoms with van der Waals surface area (Å²) in [5.74, 6) is -0.712. The Kier molecular flexibility index (Phi) is 4.51. The molecule has 0 aromatic heterocycles. The Morgan fingerprint density at radius 1 is 1.45 bits per heavy atom. The maximum atomic E-state index is 12.7. The molecule has 0 bridgehead atoms. The summed E-state index contributed by atoms with van der Waals surface area (Å²) in [6.45, 7) is 4.85. The van der Waals surface area contributed by atoms with Gasteiger partial charge in [-0.2, -0.15) is 0 Å². The van der Waals surface area contributed by atoms with E-state index in [1.54, 1.807) is 6.08 Å². The van der Waals surface area contributed by atoms with Gasteiger partial charge in [0.1, 0.15) is 12.0 Å². The van der Waals surface area contributed by atoms with Crippen LogP contribution in [0.25, 0.3) is 0 Å². The van der Waals surface area contributed by atoms with Crippen LogP contribution in [0.4, 0.5) is 8.78 Å². The van der Waals surface area contributed by atoms with Gasteiger partial charge in [0, 0.05) is 5.31 Å². The zero-order valence-corrected chi connectivity index (χ0v) is 8.14. The summed E-state index contributed by atoms with van der Waals surface area (Å²) in [7, 11) is 2.17. The van der Waals surface area contributed by atoms with Gasteiger partial charge in [-0.25, -0.2) is 8.78 Å². The zero-order valence-electron chi connectivity index (χ0n) is 6.99. The predicted octanol–water partition coefficient (Wildman–Crippen LogP) is 3.37. The third-order valence-electron chi connectivity index (χ3n) is 1.07. The molecular formula is C8H13F2P. The summed E-state index contributed by atoms with van der Waals surface area (Å²) in [6, 6.07) is 0. The van der Waals surface area contributed by atoms with Crippen LogP contribution >= 0.6 is 9.24 Å². The second-order valence-corrected chi connectivity index (χ2v) is 3.26. The molecule has 2 atom stereocenters. The molecule has 0 rings (SSSR count). The molecule has 0 aromatic carbocycles. The van der Waals surface area contributed by atoms with Crippen molar-refractivity contribution in [1.82, 2.24) is 0 Å². The molecule has 0 aliphatic carbocycles. The van der Waals surface area contributed by atoms with Crippen molar-refractivity contribution in [3.63, 3.8) is 0 Å². The number of hydrogen-bond acceptors (Lipinski definition) is 0. The molecule has 0 aromatic rings. The fourth-order valence-corrected chi connectivity index (χ4v) is 1.17. The van der Waals surface area contributed by atoms with Gasteiger partial charge in [0.15, 0.2) is 0 Å². The summed E-state index contributed by atoms with van der Waals surface area (Å²) in [6.07, 6.45) is 0.0777. The normalized spacial score (nSPS) is 15.5. The van der Waals surface area contributed by atoms with E-state index < -0.39 is 12.0 Å². The molecule has 0 N–H and O–H groups in total. The van der Waals surface area contributed by atoms with Crippen molar-refractivity contribution in [1.29, 1.82) is 0 Å².